The molecule has 0 aliphatic heterocycles. The standard InChI is InChI=1S/C9H13N3O2/c1-6-3-4-10-9(11-6)12-7(2)5-8(13)14/h3-4,7H,5H2,1-2H3,(H,13,14)(H,10,11,12). The van der Waals surface area contributed by atoms with Crippen LogP contribution in [0.5, 0.6) is 0 Å². The molecule has 1 aromatic heterocycles. The number of aromatic nitrogens is 2. The van der Waals surface area contributed by atoms with E-state index in [1.807, 2.05) is 6.92 Å². The number of carboxylic acids is 1. The molecule has 0 saturated heterocycles. The largest absolute Gasteiger partial charge is 0.481 e. The highest BCUT2D eigenvalue weighted by molar-refractivity contribution is 5.67. The maximum atomic E-state index is 10.4. The number of carboxylic acid groups (broad SMARTS) is 1. The molecule has 0 saturated carbocycles. The van der Waals surface area contributed by atoms with Crippen LogP contribution in [0.25, 0.3) is 0 Å². The third-order valence-electron chi connectivity index (χ3n) is 1.65. The Bertz CT molecular complexity index is 328. The maximum absolute atomic E-state index is 10.4. The van der Waals surface area contributed by atoms with Gasteiger partial charge in [-0.1, -0.05) is 0 Å². The minimum Gasteiger partial charge on any atom is -0.481 e. The van der Waals surface area contributed by atoms with Crippen molar-refractivity contribution in [3.8, 4) is 0 Å². The van der Waals surface area contributed by atoms with Gasteiger partial charge < -0.3 is 10.4 Å². The van der Waals surface area contributed by atoms with E-state index in [1.165, 1.54) is 0 Å². The number of aryl methyl sites for hydroxylation is 1. The fourth-order valence-electron chi connectivity index (χ4n) is 1.05. The van der Waals surface area contributed by atoms with Crippen LogP contribution in [0.2, 0.25) is 0 Å². The summed E-state index contributed by atoms with van der Waals surface area (Å²) in [6.45, 7) is 3.63. The van der Waals surface area contributed by atoms with Crippen molar-refractivity contribution in [1.82, 2.24) is 9.97 Å². The highest BCUT2D eigenvalue weighted by Gasteiger charge is 2.08. The van der Waals surface area contributed by atoms with Gasteiger partial charge in [0.05, 0.1) is 6.42 Å². The predicted molar refractivity (Wildman–Crippen MR) is 52.1 cm³/mol. The monoisotopic (exact) mass is 195 g/mol. The number of nitrogens with zero attached hydrogens (tertiary/aromatic N) is 2. The van der Waals surface area contributed by atoms with Crippen molar-refractivity contribution in [1.29, 1.82) is 0 Å². The van der Waals surface area contributed by atoms with E-state index in [9.17, 15) is 4.79 Å². The fraction of sp³-hybridized carbons (Fsp3) is 0.444. The summed E-state index contributed by atoms with van der Waals surface area (Å²) in [5.74, 6) is -0.364. The molecule has 1 heterocycles. The van der Waals surface area contributed by atoms with E-state index in [0.717, 1.165) is 5.69 Å². The molecule has 0 aliphatic rings. The minimum atomic E-state index is -0.836. The highest BCUT2D eigenvalue weighted by atomic mass is 16.4. The average molecular weight is 195 g/mol. The Hall–Kier alpha value is -1.65. The lowest BCUT2D eigenvalue weighted by Crippen LogP contribution is -2.20. The van der Waals surface area contributed by atoms with Crippen molar-refractivity contribution in [2.75, 3.05) is 5.32 Å². The number of nitrogens with one attached hydrogen (secondary N) is 1. The van der Waals surface area contributed by atoms with Gasteiger partial charge in [-0.2, -0.15) is 0 Å². The molecule has 1 unspecified atom stereocenters. The molecule has 0 bridgehead atoms. The topological polar surface area (TPSA) is 75.1 Å². The van der Waals surface area contributed by atoms with Gasteiger partial charge in [0, 0.05) is 17.9 Å². The second kappa shape index (κ2) is 4.55. The normalized spacial score (nSPS) is 12.1. The molecule has 0 amide bonds. The van der Waals surface area contributed by atoms with Gasteiger partial charge >= 0.3 is 5.97 Å². The van der Waals surface area contributed by atoms with Crippen LogP contribution >= 0.6 is 0 Å². The van der Waals surface area contributed by atoms with Gasteiger partial charge in [-0.05, 0) is 19.9 Å². The van der Waals surface area contributed by atoms with Gasteiger partial charge in [0.2, 0.25) is 5.95 Å². The number of rotatable bonds is 4. The molecule has 1 rings (SSSR count). The number of hydrogen-bond acceptors (Lipinski definition) is 4. The number of aliphatic carboxylic acids is 1. The Morgan fingerprint density at radius 2 is 2.43 bits per heavy atom. The quantitative estimate of drug-likeness (QED) is 0.751. The molecule has 76 valence electrons. The molecule has 1 aromatic rings. The van der Waals surface area contributed by atoms with E-state index in [1.54, 1.807) is 19.2 Å². The van der Waals surface area contributed by atoms with E-state index in [0.29, 0.717) is 5.95 Å². The molecule has 0 aromatic carbocycles. The fourth-order valence-corrected chi connectivity index (χ4v) is 1.05. The van der Waals surface area contributed by atoms with Crippen LogP contribution in [0, 0.1) is 6.92 Å². The summed E-state index contributed by atoms with van der Waals surface area (Å²) in [4.78, 5) is 18.5. The second-order valence-electron chi connectivity index (χ2n) is 3.16. The lowest BCUT2D eigenvalue weighted by molar-refractivity contribution is -0.137. The van der Waals surface area contributed by atoms with E-state index >= 15 is 0 Å². The van der Waals surface area contributed by atoms with Gasteiger partial charge in [0.15, 0.2) is 0 Å². The van der Waals surface area contributed by atoms with E-state index in [2.05, 4.69) is 15.3 Å². The van der Waals surface area contributed by atoms with Crippen LogP contribution in [0.1, 0.15) is 19.0 Å². The van der Waals surface area contributed by atoms with Crippen LogP contribution in [-0.4, -0.2) is 27.1 Å². The van der Waals surface area contributed by atoms with Gasteiger partial charge in [-0.15, -0.1) is 0 Å². The van der Waals surface area contributed by atoms with E-state index in [-0.39, 0.29) is 12.5 Å². The molecule has 5 nitrogen and oxygen atoms in total. The lowest BCUT2D eigenvalue weighted by atomic mass is 10.2. The summed E-state index contributed by atoms with van der Waals surface area (Å²) in [7, 11) is 0. The van der Waals surface area contributed by atoms with Crippen LogP contribution in [0.4, 0.5) is 5.95 Å². The first-order valence-electron chi connectivity index (χ1n) is 4.36. The van der Waals surface area contributed by atoms with Crippen molar-refractivity contribution in [2.24, 2.45) is 0 Å². The molecule has 14 heavy (non-hydrogen) atoms. The van der Waals surface area contributed by atoms with Gasteiger partial charge in [-0.25, -0.2) is 9.97 Å². The molecule has 5 heteroatoms. The van der Waals surface area contributed by atoms with Crippen molar-refractivity contribution in [3.63, 3.8) is 0 Å². The Morgan fingerprint density at radius 3 is 3.00 bits per heavy atom. The van der Waals surface area contributed by atoms with Crippen molar-refractivity contribution >= 4 is 11.9 Å². The predicted octanol–water partition coefficient (Wildman–Crippen LogP) is 1.06. The van der Waals surface area contributed by atoms with Crippen LogP contribution in [-0.2, 0) is 4.79 Å². The molecule has 2 N–H and O–H groups in total. The first kappa shape index (κ1) is 10.4. The minimum absolute atomic E-state index is 0.0529. The molecule has 0 aliphatic carbocycles. The molecular formula is C9H13N3O2. The summed E-state index contributed by atoms with van der Waals surface area (Å²) < 4.78 is 0. The van der Waals surface area contributed by atoms with Crippen LogP contribution in [0.3, 0.4) is 0 Å². The molecule has 0 spiro atoms. The van der Waals surface area contributed by atoms with Crippen molar-refractivity contribution in [2.45, 2.75) is 26.3 Å². The third-order valence-corrected chi connectivity index (χ3v) is 1.65. The average Bonchev–Trinajstić information content (AvgIpc) is 2.01. The van der Waals surface area contributed by atoms with Crippen molar-refractivity contribution in [3.05, 3.63) is 18.0 Å². The zero-order valence-corrected chi connectivity index (χ0v) is 8.19. The SMILES string of the molecule is Cc1ccnc(NC(C)CC(=O)O)n1. The smallest absolute Gasteiger partial charge is 0.305 e. The summed E-state index contributed by atoms with van der Waals surface area (Å²) in [5, 5.41) is 11.4. The number of carbonyl (C=O) groups is 1. The van der Waals surface area contributed by atoms with E-state index in [4.69, 9.17) is 5.11 Å². The zero-order chi connectivity index (χ0) is 10.6. The number of anilines is 1. The third kappa shape index (κ3) is 3.38. The number of hydrogen-bond donors (Lipinski definition) is 2. The lowest BCUT2D eigenvalue weighted by Gasteiger charge is -2.10. The first-order valence-corrected chi connectivity index (χ1v) is 4.36. The van der Waals surface area contributed by atoms with Gasteiger partial charge in [0.25, 0.3) is 0 Å². The van der Waals surface area contributed by atoms with Crippen LogP contribution in [0.15, 0.2) is 12.3 Å². The van der Waals surface area contributed by atoms with E-state index < -0.39 is 5.97 Å². The van der Waals surface area contributed by atoms with Gasteiger partial charge in [-0.3, -0.25) is 4.79 Å². The molecular weight excluding hydrogens is 182 g/mol. The zero-order valence-electron chi connectivity index (χ0n) is 8.19. The second-order valence-corrected chi connectivity index (χ2v) is 3.16. The molecule has 0 fully saturated rings. The van der Waals surface area contributed by atoms with Gasteiger partial charge in [0.1, 0.15) is 0 Å². The molecule has 0 radical (unpaired) electrons. The Balaban J connectivity index is 2.55. The first-order chi connectivity index (χ1) is 6.58. The summed E-state index contributed by atoms with van der Waals surface area (Å²) in [6, 6.07) is 1.61. The summed E-state index contributed by atoms with van der Waals surface area (Å²) in [5.41, 5.74) is 0.852. The Labute approximate surface area is 82.2 Å². The maximum Gasteiger partial charge on any atom is 0.305 e. The summed E-state index contributed by atoms with van der Waals surface area (Å²) in [6.07, 6.45) is 1.69. The van der Waals surface area contributed by atoms with Crippen LogP contribution < -0.4 is 5.32 Å². The Kier molecular flexibility index (Phi) is 3.39. The molecule has 1 atom stereocenters. The highest BCUT2D eigenvalue weighted by Crippen LogP contribution is 2.03. The Morgan fingerprint density at radius 1 is 1.71 bits per heavy atom. The van der Waals surface area contributed by atoms with Crippen molar-refractivity contribution < 1.29 is 9.90 Å². The summed E-state index contributed by atoms with van der Waals surface area (Å²) >= 11 is 0.